The van der Waals surface area contributed by atoms with Crippen molar-refractivity contribution in [3.8, 4) is 11.8 Å². The summed E-state index contributed by atoms with van der Waals surface area (Å²) >= 11 is 0. The molecule has 3 aromatic rings. The quantitative estimate of drug-likeness (QED) is 0.549. The van der Waals surface area contributed by atoms with E-state index in [0.717, 1.165) is 16.6 Å². The Morgan fingerprint density at radius 1 is 0.800 bits per heavy atom. The van der Waals surface area contributed by atoms with Gasteiger partial charge in [-0.2, -0.15) is 0 Å². The zero-order valence-electron chi connectivity index (χ0n) is 11.6. The Labute approximate surface area is 119 Å². The average Bonchev–Trinajstić information content (AvgIpc) is 2.50. The monoisotopic (exact) mass is 257 g/mol. The van der Waals surface area contributed by atoms with Crippen LogP contribution < -0.4 is 0 Å². The lowest BCUT2D eigenvalue weighted by atomic mass is 10.0. The first-order chi connectivity index (χ1) is 9.74. The number of benzene rings is 2. The zero-order chi connectivity index (χ0) is 13.9. The van der Waals surface area contributed by atoms with E-state index in [2.05, 4.69) is 48.9 Å². The lowest BCUT2D eigenvalue weighted by molar-refractivity contribution is 1.33. The molecule has 0 amide bonds. The van der Waals surface area contributed by atoms with Gasteiger partial charge in [-0.1, -0.05) is 42.2 Å². The Morgan fingerprint density at radius 3 is 2.30 bits per heavy atom. The maximum absolute atomic E-state index is 4.55. The summed E-state index contributed by atoms with van der Waals surface area (Å²) in [5, 5.41) is 1.19. The molecule has 1 heteroatoms. The highest BCUT2D eigenvalue weighted by Crippen LogP contribution is 2.20. The van der Waals surface area contributed by atoms with Crippen LogP contribution in [0.15, 0.2) is 54.7 Å². The predicted octanol–water partition coefficient (Wildman–Crippen LogP) is 4.25. The van der Waals surface area contributed by atoms with E-state index in [4.69, 9.17) is 0 Å². The van der Waals surface area contributed by atoms with Crippen molar-refractivity contribution in [2.75, 3.05) is 0 Å². The summed E-state index contributed by atoms with van der Waals surface area (Å²) in [4.78, 5) is 4.55. The lowest BCUT2D eigenvalue weighted by Crippen LogP contribution is -1.88. The third-order valence-electron chi connectivity index (χ3n) is 3.39. The SMILES string of the molecule is Cc1ccc(C)c2ncc(C#Cc3ccccc3)cc12. The van der Waals surface area contributed by atoms with Gasteiger partial charge in [0.25, 0.3) is 0 Å². The van der Waals surface area contributed by atoms with Crippen molar-refractivity contribution in [3.63, 3.8) is 0 Å². The van der Waals surface area contributed by atoms with Gasteiger partial charge in [-0.3, -0.25) is 4.98 Å². The summed E-state index contributed by atoms with van der Waals surface area (Å²) in [5.41, 5.74) is 5.48. The Balaban J connectivity index is 2.07. The van der Waals surface area contributed by atoms with E-state index in [9.17, 15) is 0 Å². The van der Waals surface area contributed by atoms with Crippen LogP contribution in [0.25, 0.3) is 10.9 Å². The van der Waals surface area contributed by atoms with Crippen LogP contribution in [0.3, 0.4) is 0 Å². The smallest absolute Gasteiger partial charge is 0.0734 e. The van der Waals surface area contributed by atoms with Crippen molar-refractivity contribution in [3.05, 3.63) is 77.0 Å². The van der Waals surface area contributed by atoms with Crippen molar-refractivity contribution < 1.29 is 0 Å². The highest BCUT2D eigenvalue weighted by Gasteiger charge is 2.02. The second-order valence-corrected chi connectivity index (χ2v) is 4.94. The Hall–Kier alpha value is -2.59. The van der Waals surface area contributed by atoms with Gasteiger partial charge in [0.05, 0.1) is 5.52 Å². The largest absolute Gasteiger partial charge is 0.255 e. The molecule has 0 atom stereocenters. The molecule has 1 nitrogen and oxygen atoms in total. The molecule has 3 rings (SSSR count). The molecule has 20 heavy (non-hydrogen) atoms. The maximum atomic E-state index is 4.55. The minimum Gasteiger partial charge on any atom is -0.255 e. The maximum Gasteiger partial charge on any atom is 0.0734 e. The minimum absolute atomic E-state index is 0.954. The molecule has 0 N–H and O–H groups in total. The van der Waals surface area contributed by atoms with Crippen LogP contribution >= 0.6 is 0 Å². The van der Waals surface area contributed by atoms with Crippen LogP contribution in [0.4, 0.5) is 0 Å². The van der Waals surface area contributed by atoms with Crippen molar-refractivity contribution in [2.45, 2.75) is 13.8 Å². The predicted molar refractivity (Wildman–Crippen MR) is 83.6 cm³/mol. The Bertz CT molecular complexity index is 821. The van der Waals surface area contributed by atoms with Crippen LogP contribution in [0.2, 0.25) is 0 Å². The van der Waals surface area contributed by atoms with E-state index in [0.29, 0.717) is 0 Å². The number of nitrogens with zero attached hydrogens (tertiary/aromatic N) is 1. The van der Waals surface area contributed by atoms with Crippen LogP contribution in [-0.2, 0) is 0 Å². The van der Waals surface area contributed by atoms with E-state index in [1.165, 1.54) is 16.5 Å². The lowest BCUT2D eigenvalue weighted by Gasteiger charge is -2.04. The number of rotatable bonds is 0. The van der Waals surface area contributed by atoms with Crippen LogP contribution in [0.1, 0.15) is 22.3 Å². The zero-order valence-corrected chi connectivity index (χ0v) is 11.6. The van der Waals surface area contributed by atoms with E-state index >= 15 is 0 Å². The van der Waals surface area contributed by atoms with Gasteiger partial charge in [-0.15, -0.1) is 0 Å². The van der Waals surface area contributed by atoms with Crippen molar-refractivity contribution in [1.82, 2.24) is 4.98 Å². The molecule has 0 aliphatic rings. The third-order valence-corrected chi connectivity index (χ3v) is 3.39. The van der Waals surface area contributed by atoms with E-state index in [-0.39, 0.29) is 0 Å². The van der Waals surface area contributed by atoms with Gasteiger partial charge in [0, 0.05) is 22.7 Å². The molecule has 0 bridgehead atoms. The van der Waals surface area contributed by atoms with Crippen molar-refractivity contribution in [1.29, 1.82) is 0 Å². The van der Waals surface area contributed by atoms with E-state index < -0.39 is 0 Å². The van der Waals surface area contributed by atoms with Gasteiger partial charge in [-0.05, 0) is 43.2 Å². The van der Waals surface area contributed by atoms with Crippen LogP contribution in [0.5, 0.6) is 0 Å². The summed E-state index contributed by atoms with van der Waals surface area (Å²) in [6, 6.07) is 16.4. The van der Waals surface area contributed by atoms with Crippen LogP contribution in [0, 0.1) is 25.7 Å². The molecule has 2 aromatic carbocycles. The number of hydrogen-bond donors (Lipinski definition) is 0. The molecule has 96 valence electrons. The summed E-state index contributed by atoms with van der Waals surface area (Å²) in [6.45, 7) is 4.20. The summed E-state index contributed by atoms with van der Waals surface area (Å²) in [7, 11) is 0. The second kappa shape index (κ2) is 5.19. The molecular weight excluding hydrogens is 242 g/mol. The first kappa shape index (κ1) is 12.4. The molecule has 0 aliphatic heterocycles. The average molecular weight is 257 g/mol. The van der Waals surface area contributed by atoms with Crippen molar-refractivity contribution >= 4 is 10.9 Å². The number of aromatic nitrogens is 1. The summed E-state index contributed by atoms with van der Waals surface area (Å²) in [5.74, 6) is 6.36. The number of hydrogen-bond acceptors (Lipinski definition) is 1. The normalized spacial score (nSPS) is 10.1. The minimum atomic E-state index is 0.954. The molecule has 0 fully saturated rings. The van der Waals surface area contributed by atoms with Gasteiger partial charge in [0.15, 0.2) is 0 Å². The number of aryl methyl sites for hydroxylation is 2. The van der Waals surface area contributed by atoms with Gasteiger partial charge in [0.2, 0.25) is 0 Å². The topological polar surface area (TPSA) is 12.9 Å². The molecular formula is C19H15N. The highest BCUT2D eigenvalue weighted by atomic mass is 14.7. The van der Waals surface area contributed by atoms with Gasteiger partial charge in [-0.25, -0.2) is 0 Å². The van der Waals surface area contributed by atoms with Gasteiger partial charge in [0.1, 0.15) is 0 Å². The molecule has 1 aromatic heterocycles. The molecule has 0 aliphatic carbocycles. The number of fused-ring (bicyclic) bond motifs is 1. The van der Waals surface area contributed by atoms with E-state index in [1.807, 2.05) is 36.5 Å². The third kappa shape index (κ3) is 2.41. The Kier molecular flexibility index (Phi) is 3.23. The van der Waals surface area contributed by atoms with E-state index in [1.54, 1.807) is 0 Å². The first-order valence-electron chi connectivity index (χ1n) is 6.67. The van der Waals surface area contributed by atoms with Gasteiger partial charge < -0.3 is 0 Å². The second-order valence-electron chi connectivity index (χ2n) is 4.94. The fourth-order valence-electron chi connectivity index (χ4n) is 2.23. The molecule has 0 saturated heterocycles. The Morgan fingerprint density at radius 2 is 1.50 bits per heavy atom. The molecule has 0 saturated carbocycles. The van der Waals surface area contributed by atoms with Gasteiger partial charge >= 0.3 is 0 Å². The fraction of sp³-hybridized carbons (Fsp3) is 0.105. The highest BCUT2D eigenvalue weighted by molar-refractivity contribution is 5.85. The molecule has 0 spiro atoms. The van der Waals surface area contributed by atoms with Crippen molar-refractivity contribution in [2.24, 2.45) is 0 Å². The summed E-state index contributed by atoms with van der Waals surface area (Å²) in [6.07, 6.45) is 1.85. The molecule has 0 unspecified atom stereocenters. The standard InChI is InChI=1S/C19H15N/c1-14-8-9-15(2)19-18(14)12-17(13-20-19)11-10-16-6-4-3-5-7-16/h3-9,12-13H,1-2H3. The molecule has 1 heterocycles. The number of pyridine rings is 1. The molecule has 0 radical (unpaired) electrons. The first-order valence-corrected chi connectivity index (χ1v) is 6.67. The van der Waals surface area contributed by atoms with Crippen LogP contribution in [-0.4, -0.2) is 4.98 Å². The summed E-state index contributed by atoms with van der Waals surface area (Å²) < 4.78 is 0. The fourth-order valence-corrected chi connectivity index (χ4v) is 2.23.